The zero-order chi connectivity index (χ0) is 19.6. The molecule has 0 radical (unpaired) electrons. The highest BCUT2D eigenvalue weighted by Crippen LogP contribution is 2.22. The summed E-state index contributed by atoms with van der Waals surface area (Å²) >= 11 is 0. The molecule has 3 rings (SSSR count). The summed E-state index contributed by atoms with van der Waals surface area (Å²) in [5.41, 5.74) is 2.82. The van der Waals surface area contributed by atoms with Crippen LogP contribution < -0.4 is 0 Å². The highest BCUT2D eigenvalue weighted by Gasteiger charge is 2.18. The van der Waals surface area contributed by atoms with Crippen molar-refractivity contribution in [1.82, 2.24) is 14.5 Å². The van der Waals surface area contributed by atoms with Gasteiger partial charge in [-0.2, -0.15) is 0 Å². The summed E-state index contributed by atoms with van der Waals surface area (Å²) in [5, 5.41) is 0. The number of carbonyl (C=O) groups excluding carboxylic acids is 1. The Morgan fingerprint density at radius 3 is 2.48 bits per heavy atom. The van der Waals surface area contributed by atoms with E-state index in [-0.39, 0.29) is 16.8 Å². The van der Waals surface area contributed by atoms with Crippen molar-refractivity contribution in [3.63, 3.8) is 0 Å². The van der Waals surface area contributed by atoms with E-state index in [2.05, 4.69) is 4.98 Å². The highest BCUT2D eigenvalue weighted by molar-refractivity contribution is 7.90. The van der Waals surface area contributed by atoms with Gasteiger partial charge in [0.1, 0.15) is 0 Å². The van der Waals surface area contributed by atoms with Gasteiger partial charge in [-0.3, -0.25) is 4.79 Å². The van der Waals surface area contributed by atoms with Gasteiger partial charge >= 0.3 is 0 Å². The first-order chi connectivity index (χ1) is 12.8. The van der Waals surface area contributed by atoms with Crippen molar-refractivity contribution in [3.8, 4) is 0 Å². The van der Waals surface area contributed by atoms with Gasteiger partial charge < -0.3 is 9.47 Å². The number of hydrogen-bond donors (Lipinski definition) is 0. The van der Waals surface area contributed by atoms with Gasteiger partial charge in [0, 0.05) is 26.3 Å². The third kappa shape index (κ3) is 4.19. The molecule has 2 aromatic carbocycles. The number of fused-ring (bicyclic) bond motifs is 1. The number of imidazole rings is 1. The molecule has 0 bridgehead atoms. The maximum atomic E-state index is 12.6. The quantitative estimate of drug-likeness (QED) is 0.654. The van der Waals surface area contributed by atoms with Crippen LogP contribution in [0, 0.1) is 0 Å². The van der Waals surface area contributed by atoms with E-state index in [0.717, 1.165) is 16.6 Å². The SMILES string of the molecule is CC(c1ccc(S(C)(=O)=O)cc1)N(C)C(=O)CCn1cnc2ccccc21. The van der Waals surface area contributed by atoms with Crippen molar-refractivity contribution in [2.75, 3.05) is 13.3 Å². The lowest BCUT2D eigenvalue weighted by Gasteiger charge is -2.25. The van der Waals surface area contributed by atoms with E-state index in [0.29, 0.717) is 13.0 Å². The molecular formula is C20H23N3O3S. The Balaban J connectivity index is 1.66. The second-order valence-electron chi connectivity index (χ2n) is 6.70. The zero-order valence-corrected chi connectivity index (χ0v) is 16.5. The van der Waals surface area contributed by atoms with Gasteiger partial charge in [-0.15, -0.1) is 0 Å². The van der Waals surface area contributed by atoms with Gasteiger partial charge in [0.05, 0.1) is 28.3 Å². The number of para-hydroxylation sites is 2. The molecule has 1 heterocycles. The number of hydrogen-bond acceptors (Lipinski definition) is 4. The van der Waals surface area contributed by atoms with E-state index in [9.17, 15) is 13.2 Å². The number of benzene rings is 2. The predicted molar refractivity (Wildman–Crippen MR) is 105 cm³/mol. The Morgan fingerprint density at radius 1 is 1.15 bits per heavy atom. The summed E-state index contributed by atoms with van der Waals surface area (Å²) in [6, 6.07) is 14.4. The molecule has 7 heteroatoms. The van der Waals surface area contributed by atoms with Gasteiger partial charge in [0.25, 0.3) is 0 Å². The lowest BCUT2D eigenvalue weighted by Crippen LogP contribution is -2.30. The van der Waals surface area contributed by atoms with Crippen molar-refractivity contribution >= 4 is 26.8 Å². The van der Waals surface area contributed by atoms with Crippen molar-refractivity contribution in [2.45, 2.75) is 30.8 Å². The van der Waals surface area contributed by atoms with Crippen LogP contribution in [0.2, 0.25) is 0 Å². The van der Waals surface area contributed by atoms with Crippen molar-refractivity contribution < 1.29 is 13.2 Å². The normalized spacial score (nSPS) is 12.9. The summed E-state index contributed by atoms with van der Waals surface area (Å²) in [7, 11) is -1.46. The molecule has 0 spiro atoms. The third-order valence-corrected chi connectivity index (χ3v) is 5.99. The topological polar surface area (TPSA) is 72.3 Å². The second-order valence-corrected chi connectivity index (χ2v) is 8.71. The average Bonchev–Trinajstić information content (AvgIpc) is 3.07. The van der Waals surface area contributed by atoms with Crippen LogP contribution in [0.25, 0.3) is 11.0 Å². The Hall–Kier alpha value is -2.67. The predicted octanol–water partition coefficient (Wildman–Crippen LogP) is 3.05. The molecule has 1 amide bonds. The molecule has 1 atom stereocenters. The molecular weight excluding hydrogens is 362 g/mol. The van der Waals surface area contributed by atoms with Crippen LogP contribution in [-0.4, -0.2) is 42.1 Å². The average molecular weight is 385 g/mol. The monoisotopic (exact) mass is 385 g/mol. The van der Waals surface area contributed by atoms with E-state index in [1.54, 1.807) is 42.5 Å². The number of aromatic nitrogens is 2. The first-order valence-electron chi connectivity index (χ1n) is 8.73. The first kappa shape index (κ1) is 19.1. The fraction of sp³-hybridized carbons (Fsp3) is 0.300. The van der Waals surface area contributed by atoms with E-state index in [1.165, 1.54) is 6.26 Å². The molecule has 27 heavy (non-hydrogen) atoms. The maximum Gasteiger partial charge on any atom is 0.224 e. The van der Waals surface area contributed by atoms with Gasteiger partial charge in [-0.1, -0.05) is 24.3 Å². The minimum atomic E-state index is -3.22. The number of carbonyl (C=O) groups is 1. The number of rotatable bonds is 6. The maximum absolute atomic E-state index is 12.6. The second kappa shape index (κ2) is 7.52. The van der Waals surface area contributed by atoms with Crippen LogP contribution in [-0.2, 0) is 21.2 Å². The van der Waals surface area contributed by atoms with Gasteiger partial charge in [-0.05, 0) is 36.8 Å². The molecule has 0 fully saturated rings. The molecule has 1 unspecified atom stereocenters. The van der Waals surface area contributed by atoms with Gasteiger partial charge in [0.2, 0.25) is 5.91 Å². The van der Waals surface area contributed by atoms with Crippen LogP contribution in [0.5, 0.6) is 0 Å². The standard InChI is InChI=1S/C20H23N3O3S/c1-15(16-8-10-17(11-9-16)27(3,25)26)22(2)20(24)12-13-23-14-21-18-6-4-5-7-19(18)23/h4-11,14-15H,12-13H2,1-3H3. The highest BCUT2D eigenvalue weighted by atomic mass is 32.2. The molecule has 0 aliphatic heterocycles. The van der Waals surface area contributed by atoms with Gasteiger partial charge in [-0.25, -0.2) is 13.4 Å². The molecule has 142 valence electrons. The van der Waals surface area contributed by atoms with Crippen LogP contribution in [0.3, 0.4) is 0 Å². The number of amides is 1. The number of sulfone groups is 1. The molecule has 6 nitrogen and oxygen atoms in total. The Morgan fingerprint density at radius 2 is 1.81 bits per heavy atom. The Bertz CT molecular complexity index is 1060. The summed E-state index contributed by atoms with van der Waals surface area (Å²) in [4.78, 5) is 18.9. The molecule has 0 N–H and O–H groups in total. The van der Waals surface area contributed by atoms with E-state index in [4.69, 9.17) is 0 Å². The fourth-order valence-electron chi connectivity index (χ4n) is 3.01. The molecule has 0 aliphatic carbocycles. The summed E-state index contributed by atoms with van der Waals surface area (Å²) in [6.45, 7) is 2.49. The first-order valence-corrected chi connectivity index (χ1v) is 10.6. The lowest BCUT2D eigenvalue weighted by atomic mass is 10.1. The van der Waals surface area contributed by atoms with Crippen LogP contribution in [0.1, 0.15) is 24.9 Å². The largest absolute Gasteiger partial charge is 0.339 e. The molecule has 0 aliphatic rings. The zero-order valence-electron chi connectivity index (χ0n) is 15.7. The molecule has 3 aromatic rings. The summed E-state index contributed by atoms with van der Waals surface area (Å²) in [5.74, 6) is 0.0208. The summed E-state index contributed by atoms with van der Waals surface area (Å²) in [6.07, 6.45) is 3.30. The summed E-state index contributed by atoms with van der Waals surface area (Å²) < 4.78 is 25.1. The van der Waals surface area contributed by atoms with Crippen molar-refractivity contribution in [1.29, 1.82) is 0 Å². The number of aryl methyl sites for hydroxylation is 1. The minimum Gasteiger partial charge on any atom is -0.339 e. The fourth-order valence-corrected chi connectivity index (χ4v) is 3.64. The van der Waals surface area contributed by atoms with Crippen LogP contribution in [0.15, 0.2) is 59.8 Å². The molecule has 0 saturated heterocycles. The number of nitrogens with zero attached hydrogens (tertiary/aromatic N) is 3. The van der Waals surface area contributed by atoms with E-state index >= 15 is 0 Å². The molecule has 0 saturated carbocycles. The lowest BCUT2D eigenvalue weighted by molar-refractivity contribution is -0.132. The van der Waals surface area contributed by atoms with E-state index < -0.39 is 9.84 Å². The van der Waals surface area contributed by atoms with Crippen molar-refractivity contribution in [2.24, 2.45) is 0 Å². The van der Waals surface area contributed by atoms with Crippen molar-refractivity contribution in [3.05, 3.63) is 60.4 Å². The third-order valence-electron chi connectivity index (χ3n) is 4.86. The van der Waals surface area contributed by atoms with Gasteiger partial charge in [0.15, 0.2) is 9.84 Å². The van der Waals surface area contributed by atoms with Crippen LogP contribution >= 0.6 is 0 Å². The Kier molecular flexibility index (Phi) is 5.32. The smallest absolute Gasteiger partial charge is 0.224 e. The van der Waals surface area contributed by atoms with Crippen LogP contribution in [0.4, 0.5) is 0 Å². The molecule has 1 aromatic heterocycles. The minimum absolute atomic E-state index is 0.0208. The van der Waals surface area contributed by atoms with E-state index in [1.807, 2.05) is 35.8 Å². The Labute approximate surface area is 159 Å².